The molecular weight excluding hydrogens is 246 g/mol. The van der Waals surface area contributed by atoms with Crippen molar-refractivity contribution in [3.05, 3.63) is 35.1 Å². The number of aliphatic hydroxyl groups excluding tert-OH is 1. The first-order valence-corrected chi connectivity index (χ1v) is 5.81. The average molecular weight is 256 g/mol. The second-order valence-electron chi connectivity index (χ2n) is 3.18. The van der Waals surface area contributed by atoms with E-state index in [4.69, 9.17) is 16.7 Å². The molecule has 84 valence electrons. The monoisotopic (exact) mass is 255 g/mol. The molecule has 0 bridgehead atoms. The Morgan fingerprint density at radius 2 is 2.31 bits per heavy atom. The van der Waals surface area contributed by atoms with Crippen LogP contribution in [0.2, 0.25) is 5.02 Å². The van der Waals surface area contributed by atoms with Crippen molar-refractivity contribution < 1.29 is 5.11 Å². The van der Waals surface area contributed by atoms with Gasteiger partial charge in [-0.05, 0) is 17.7 Å². The van der Waals surface area contributed by atoms with Gasteiger partial charge in [0.2, 0.25) is 0 Å². The van der Waals surface area contributed by atoms with Crippen LogP contribution in [0, 0.1) is 0 Å². The van der Waals surface area contributed by atoms with E-state index >= 15 is 0 Å². The van der Waals surface area contributed by atoms with E-state index in [0.29, 0.717) is 5.02 Å². The Hall–Kier alpha value is -1.04. The fourth-order valence-corrected chi connectivity index (χ4v) is 2.31. The van der Waals surface area contributed by atoms with Gasteiger partial charge < -0.3 is 5.11 Å². The minimum atomic E-state index is -0.0479. The molecule has 6 heteroatoms. The number of aryl methyl sites for hydroxylation is 1. The van der Waals surface area contributed by atoms with Gasteiger partial charge in [-0.25, -0.2) is 9.67 Å². The van der Waals surface area contributed by atoms with Crippen molar-refractivity contribution in [2.75, 3.05) is 0 Å². The third kappa shape index (κ3) is 2.37. The first kappa shape index (κ1) is 11.4. The number of rotatable bonds is 3. The molecule has 2 rings (SSSR count). The smallest absolute Gasteiger partial charge is 0.190 e. The molecule has 1 N–H and O–H groups in total. The molecule has 0 amide bonds. The summed E-state index contributed by atoms with van der Waals surface area (Å²) >= 11 is 7.47. The Labute approximate surface area is 102 Å². The second kappa shape index (κ2) is 4.86. The van der Waals surface area contributed by atoms with Gasteiger partial charge in [0.25, 0.3) is 0 Å². The predicted octanol–water partition coefficient (Wildman–Crippen LogP) is 2.11. The number of hydrogen-bond donors (Lipinski definition) is 1. The van der Waals surface area contributed by atoms with Crippen molar-refractivity contribution in [1.29, 1.82) is 0 Å². The number of nitrogens with zero attached hydrogens (tertiary/aromatic N) is 3. The van der Waals surface area contributed by atoms with E-state index in [1.54, 1.807) is 10.7 Å². The summed E-state index contributed by atoms with van der Waals surface area (Å²) in [5.74, 6) is 0. The highest BCUT2D eigenvalue weighted by atomic mass is 35.5. The lowest BCUT2D eigenvalue weighted by Crippen LogP contribution is -1.92. The van der Waals surface area contributed by atoms with Crippen LogP contribution in [0.15, 0.2) is 34.6 Å². The Morgan fingerprint density at radius 3 is 2.88 bits per heavy atom. The van der Waals surface area contributed by atoms with E-state index in [1.807, 2.05) is 19.2 Å². The predicted molar refractivity (Wildman–Crippen MR) is 62.5 cm³/mol. The van der Waals surface area contributed by atoms with Crippen molar-refractivity contribution in [3.8, 4) is 0 Å². The van der Waals surface area contributed by atoms with Crippen molar-refractivity contribution in [2.45, 2.75) is 16.7 Å². The number of aromatic nitrogens is 3. The number of halogens is 1. The van der Waals surface area contributed by atoms with Crippen LogP contribution in [0.3, 0.4) is 0 Å². The zero-order chi connectivity index (χ0) is 11.5. The Bertz CT molecular complexity index is 501. The van der Waals surface area contributed by atoms with Crippen LogP contribution in [0.5, 0.6) is 0 Å². The van der Waals surface area contributed by atoms with E-state index in [-0.39, 0.29) is 6.61 Å². The zero-order valence-corrected chi connectivity index (χ0v) is 10.2. The molecule has 0 saturated carbocycles. The van der Waals surface area contributed by atoms with Gasteiger partial charge in [0.05, 0.1) is 6.61 Å². The van der Waals surface area contributed by atoms with Gasteiger partial charge in [0.15, 0.2) is 5.16 Å². The molecule has 0 spiro atoms. The molecule has 0 fully saturated rings. The number of hydrogen-bond acceptors (Lipinski definition) is 4. The topological polar surface area (TPSA) is 50.9 Å². The lowest BCUT2D eigenvalue weighted by atomic mass is 10.2. The number of benzene rings is 1. The minimum absolute atomic E-state index is 0.0479. The molecule has 0 atom stereocenters. The van der Waals surface area contributed by atoms with Crippen molar-refractivity contribution in [3.63, 3.8) is 0 Å². The molecule has 0 radical (unpaired) electrons. The van der Waals surface area contributed by atoms with E-state index in [2.05, 4.69) is 10.1 Å². The molecule has 0 saturated heterocycles. The SMILES string of the molecule is Cn1ncnc1Sc1ccc(CO)c(Cl)c1. The van der Waals surface area contributed by atoms with Gasteiger partial charge in [0.1, 0.15) is 6.33 Å². The molecule has 0 unspecified atom stereocenters. The number of aliphatic hydroxyl groups is 1. The summed E-state index contributed by atoms with van der Waals surface area (Å²) in [6.45, 7) is -0.0479. The lowest BCUT2D eigenvalue weighted by Gasteiger charge is -2.04. The highest BCUT2D eigenvalue weighted by Crippen LogP contribution is 2.29. The first-order chi connectivity index (χ1) is 7.70. The molecule has 0 aliphatic rings. The van der Waals surface area contributed by atoms with Gasteiger partial charge in [-0.15, -0.1) is 0 Å². The van der Waals surface area contributed by atoms with Crippen molar-refractivity contribution >= 4 is 23.4 Å². The standard InChI is InChI=1S/C10H10ClN3OS/c1-14-10(12-6-13-14)16-8-3-2-7(5-15)9(11)4-8/h2-4,6,15H,5H2,1H3. The van der Waals surface area contributed by atoms with Crippen LogP contribution in [-0.2, 0) is 13.7 Å². The van der Waals surface area contributed by atoms with Gasteiger partial charge >= 0.3 is 0 Å². The molecule has 1 aromatic heterocycles. The fourth-order valence-electron chi connectivity index (χ4n) is 1.20. The minimum Gasteiger partial charge on any atom is -0.392 e. The molecule has 16 heavy (non-hydrogen) atoms. The Morgan fingerprint density at radius 1 is 1.50 bits per heavy atom. The third-order valence-corrected chi connectivity index (χ3v) is 3.47. The molecule has 4 nitrogen and oxygen atoms in total. The van der Waals surface area contributed by atoms with Crippen LogP contribution in [0.4, 0.5) is 0 Å². The Kier molecular flexibility index (Phi) is 3.48. The van der Waals surface area contributed by atoms with Gasteiger partial charge in [-0.1, -0.05) is 29.4 Å². The quantitative estimate of drug-likeness (QED) is 0.913. The largest absolute Gasteiger partial charge is 0.392 e. The van der Waals surface area contributed by atoms with Crippen LogP contribution in [-0.4, -0.2) is 19.9 Å². The Balaban J connectivity index is 2.23. The van der Waals surface area contributed by atoms with E-state index in [9.17, 15) is 0 Å². The normalized spacial score (nSPS) is 10.7. The highest BCUT2D eigenvalue weighted by Gasteiger charge is 2.06. The zero-order valence-electron chi connectivity index (χ0n) is 8.59. The third-order valence-electron chi connectivity index (χ3n) is 2.07. The average Bonchev–Trinajstić information content (AvgIpc) is 2.65. The van der Waals surface area contributed by atoms with Crippen molar-refractivity contribution in [1.82, 2.24) is 14.8 Å². The van der Waals surface area contributed by atoms with Crippen LogP contribution >= 0.6 is 23.4 Å². The lowest BCUT2D eigenvalue weighted by molar-refractivity contribution is 0.282. The summed E-state index contributed by atoms with van der Waals surface area (Å²) in [5.41, 5.74) is 0.726. The van der Waals surface area contributed by atoms with Gasteiger partial charge in [-0.2, -0.15) is 5.10 Å². The molecule has 2 aromatic rings. The van der Waals surface area contributed by atoms with Crippen LogP contribution in [0.25, 0.3) is 0 Å². The highest BCUT2D eigenvalue weighted by molar-refractivity contribution is 7.99. The first-order valence-electron chi connectivity index (χ1n) is 4.62. The second-order valence-corrected chi connectivity index (χ2v) is 4.63. The van der Waals surface area contributed by atoms with Crippen LogP contribution in [0.1, 0.15) is 5.56 Å². The van der Waals surface area contributed by atoms with Crippen LogP contribution < -0.4 is 0 Å². The van der Waals surface area contributed by atoms with E-state index < -0.39 is 0 Å². The maximum Gasteiger partial charge on any atom is 0.190 e. The summed E-state index contributed by atoms with van der Waals surface area (Å²) in [4.78, 5) is 5.08. The summed E-state index contributed by atoms with van der Waals surface area (Å²) in [5, 5.41) is 14.3. The molecule has 1 heterocycles. The summed E-state index contributed by atoms with van der Waals surface area (Å²) in [7, 11) is 1.83. The van der Waals surface area contributed by atoms with E-state index in [1.165, 1.54) is 18.1 Å². The molecular formula is C10H10ClN3OS. The maximum atomic E-state index is 8.99. The summed E-state index contributed by atoms with van der Waals surface area (Å²) in [6.07, 6.45) is 1.51. The van der Waals surface area contributed by atoms with Crippen molar-refractivity contribution in [2.24, 2.45) is 7.05 Å². The molecule has 0 aliphatic heterocycles. The van der Waals surface area contributed by atoms with E-state index in [0.717, 1.165) is 15.6 Å². The van der Waals surface area contributed by atoms with Gasteiger partial charge in [-0.3, -0.25) is 0 Å². The van der Waals surface area contributed by atoms with Gasteiger partial charge in [0, 0.05) is 17.0 Å². The molecule has 1 aromatic carbocycles. The molecule has 0 aliphatic carbocycles. The maximum absolute atomic E-state index is 8.99. The summed E-state index contributed by atoms with van der Waals surface area (Å²) < 4.78 is 1.69. The fraction of sp³-hybridized carbons (Fsp3) is 0.200. The summed E-state index contributed by atoms with van der Waals surface area (Å²) in [6, 6.07) is 5.52.